The van der Waals surface area contributed by atoms with Crippen LogP contribution in [-0.4, -0.2) is 51.4 Å². The fourth-order valence-electron chi connectivity index (χ4n) is 3.19. The topological polar surface area (TPSA) is 120 Å². The lowest BCUT2D eigenvalue weighted by molar-refractivity contribution is -0.121. The minimum Gasteiger partial charge on any atom is -0.493 e. The third-order valence-electron chi connectivity index (χ3n) is 5.05. The monoisotopic (exact) mass is 472 g/mol. The lowest BCUT2D eigenvalue weighted by Crippen LogP contribution is -2.42. The zero-order chi connectivity index (χ0) is 24.0. The number of fused-ring (bicyclic) bond motifs is 1. The van der Waals surface area contributed by atoms with Gasteiger partial charge in [0.1, 0.15) is 0 Å². The lowest BCUT2D eigenvalue weighted by Gasteiger charge is -2.13. The molecule has 176 valence electrons. The van der Waals surface area contributed by atoms with E-state index in [0.29, 0.717) is 40.3 Å². The largest absolute Gasteiger partial charge is 0.493 e. The van der Waals surface area contributed by atoms with Gasteiger partial charge in [-0.15, -0.1) is 5.10 Å². The molecule has 0 aliphatic heterocycles. The molecule has 0 saturated heterocycles. The number of rotatable bonds is 9. The molecule has 2 aromatic heterocycles. The number of amides is 2. The van der Waals surface area contributed by atoms with E-state index in [9.17, 15) is 9.59 Å². The van der Waals surface area contributed by atoms with Gasteiger partial charge in [-0.05, 0) is 44.7 Å². The number of unbranched alkanes of at least 4 members (excludes halogenated alkanes) is 1. The van der Waals surface area contributed by atoms with E-state index in [1.165, 1.54) is 18.9 Å². The van der Waals surface area contributed by atoms with Gasteiger partial charge in [0.05, 0.1) is 20.1 Å². The lowest BCUT2D eigenvalue weighted by atomic mass is 10.1. The van der Waals surface area contributed by atoms with E-state index >= 15 is 0 Å². The Morgan fingerprint density at radius 2 is 1.94 bits per heavy atom. The Morgan fingerprint density at radius 1 is 1.15 bits per heavy atom. The molecule has 3 aromatic rings. The molecule has 0 spiro atoms. The summed E-state index contributed by atoms with van der Waals surface area (Å²) in [4.78, 5) is 33.8. The first-order valence-electron chi connectivity index (χ1n) is 10.5. The number of carbonyl (C=O) groups excluding carboxylic acids is 2. The molecule has 0 aliphatic rings. The van der Waals surface area contributed by atoms with Gasteiger partial charge >= 0.3 is 0 Å². The van der Waals surface area contributed by atoms with Crippen LogP contribution in [0.2, 0.25) is 0 Å². The fourth-order valence-corrected chi connectivity index (χ4v) is 3.53. The number of hydrogen-bond donors (Lipinski definition) is 2. The van der Waals surface area contributed by atoms with Crippen molar-refractivity contribution in [2.45, 2.75) is 45.2 Å². The highest BCUT2D eigenvalue weighted by Gasteiger charge is 2.17. The standard InChI is InChI=1S/C22H28N6O4S/c1-6-7-10-32-17-9-8-15(11-18(17)31-4)20(30)26-25-19(29)12-16-13(2)23-21-24-22(33-5)27-28(21)14(16)3/h8-9,11H,6-7,10,12H2,1-5H3,(H,25,29)(H,26,30). The van der Waals surface area contributed by atoms with Crippen LogP contribution in [0.1, 0.15) is 47.1 Å². The Hall–Kier alpha value is -3.34. The summed E-state index contributed by atoms with van der Waals surface area (Å²) in [6.45, 7) is 6.33. The van der Waals surface area contributed by atoms with Crippen molar-refractivity contribution in [2.24, 2.45) is 0 Å². The van der Waals surface area contributed by atoms with Gasteiger partial charge < -0.3 is 9.47 Å². The minimum absolute atomic E-state index is 0.0306. The molecule has 0 bridgehead atoms. The number of nitrogens with one attached hydrogen (secondary N) is 2. The Bertz CT molecular complexity index is 1160. The number of benzene rings is 1. The summed E-state index contributed by atoms with van der Waals surface area (Å²) in [5.41, 5.74) is 7.41. The summed E-state index contributed by atoms with van der Waals surface area (Å²) in [5.74, 6) is 0.659. The second-order valence-corrected chi connectivity index (χ2v) is 8.09. The Balaban J connectivity index is 1.64. The van der Waals surface area contributed by atoms with Gasteiger partial charge in [-0.1, -0.05) is 25.1 Å². The summed E-state index contributed by atoms with van der Waals surface area (Å²) in [6.07, 6.45) is 3.86. The molecular formula is C22H28N6O4S. The highest BCUT2D eigenvalue weighted by atomic mass is 32.2. The molecule has 0 aliphatic carbocycles. The maximum absolute atomic E-state index is 12.5. The van der Waals surface area contributed by atoms with Crippen LogP contribution in [0, 0.1) is 13.8 Å². The Kier molecular flexibility index (Phi) is 8.10. The van der Waals surface area contributed by atoms with Gasteiger partial charge in [-0.3, -0.25) is 20.4 Å². The number of thioether (sulfide) groups is 1. The third kappa shape index (κ3) is 5.72. The molecule has 0 saturated carbocycles. The summed E-state index contributed by atoms with van der Waals surface area (Å²) in [5, 5.41) is 4.99. The number of methoxy groups -OCH3 is 1. The number of hydrogen-bond acceptors (Lipinski definition) is 8. The van der Waals surface area contributed by atoms with E-state index in [4.69, 9.17) is 9.47 Å². The summed E-state index contributed by atoms with van der Waals surface area (Å²) in [6, 6.07) is 4.87. The molecule has 0 fully saturated rings. The summed E-state index contributed by atoms with van der Waals surface area (Å²) in [7, 11) is 1.51. The van der Waals surface area contributed by atoms with E-state index in [1.807, 2.05) is 20.1 Å². The van der Waals surface area contributed by atoms with E-state index in [0.717, 1.165) is 24.1 Å². The van der Waals surface area contributed by atoms with Crippen molar-refractivity contribution in [1.29, 1.82) is 0 Å². The van der Waals surface area contributed by atoms with Crippen molar-refractivity contribution in [3.05, 3.63) is 40.7 Å². The Morgan fingerprint density at radius 3 is 2.64 bits per heavy atom. The molecule has 0 atom stereocenters. The van der Waals surface area contributed by atoms with Gasteiger partial charge in [-0.25, -0.2) is 9.50 Å². The molecule has 10 nitrogen and oxygen atoms in total. The average Bonchev–Trinajstić information content (AvgIpc) is 3.23. The van der Waals surface area contributed by atoms with Crippen LogP contribution in [-0.2, 0) is 11.2 Å². The van der Waals surface area contributed by atoms with Gasteiger partial charge in [-0.2, -0.15) is 4.98 Å². The van der Waals surface area contributed by atoms with Crippen LogP contribution in [0.15, 0.2) is 23.4 Å². The van der Waals surface area contributed by atoms with Crippen LogP contribution < -0.4 is 20.3 Å². The summed E-state index contributed by atoms with van der Waals surface area (Å²) < 4.78 is 12.6. The first-order valence-corrected chi connectivity index (χ1v) is 11.8. The molecule has 1 aromatic carbocycles. The average molecular weight is 473 g/mol. The van der Waals surface area contributed by atoms with Crippen LogP contribution in [0.25, 0.3) is 5.78 Å². The molecule has 33 heavy (non-hydrogen) atoms. The van der Waals surface area contributed by atoms with Crippen molar-refractivity contribution >= 4 is 29.4 Å². The van der Waals surface area contributed by atoms with E-state index in [1.54, 1.807) is 22.7 Å². The van der Waals surface area contributed by atoms with Crippen LogP contribution in [0.3, 0.4) is 0 Å². The van der Waals surface area contributed by atoms with Crippen LogP contribution >= 0.6 is 11.8 Å². The van der Waals surface area contributed by atoms with Crippen molar-refractivity contribution < 1.29 is 19.1 Å². The molecule has 2 N–H and O–H groups in total. The summed E-state index contributed by atoms with van der Waals surface area (Å²) >= 11 is 1.42. The van der Waals surface area contributed by atoms with E-state index < -0.39 is 5.91 Å². The molecular weight excluding hydrogens is 444 g/mol. The number of aryl methyl sites for hydroxylation is 2. The van der Waals surface area contributed by atoms with Crippen molar-refractivity contribution in [2.75, 3.05) is 20.0 Å². The number of carbonyl (C=O) groups is 2. The smallest absolute Gasteiger partial charge is 0.269 e. The predicted molar refractivity (Wildman–Crippen MR) is 125 cm³/mol. The molecule has 11 heteroatoms. The zero-order valence-electron chi connectivity index (χ0n) is 19.4. The molecule has 2 amide bonds. The minimum atomic E-state index is -0.468. The van der Waals surface area contributed by atoms with Crippen molar-refractivity contribution in [1.82, 2.24) is 30.4 Å². The first kappa shape index (κ1) is 24.3. The maximum Gasteiger partial charge on any atom is 0.269 e. The zero-order valence-corrected chi connectivity index (χ0v) is 20.2. The van der Waals surface area contributed by atoms with Gasteiger partial charge in [0.15, 0.2) is 11.5 Å². The van der Waals surface area contributed by atoms with Gasteiger partial charge in [0.25, 0.3) is 11.7 Å². The first-order chi connectivity index (χ1) is 15.9. The van der Waals surface area contributed by atoms with Crippen LogP contribution in [0.4, 0.5) is 0 Å². The second kappa shape index (κ2) is 11.0. The van der Waals surface area contributed by atoms with Gasteiger partial charge in [0.2, 0.25) is 11.1 Å². The number of hydrazine groups is 1. The van der Waals surface area contributed by atoms with E-state index in [2.05, 4.69) is 32.8 Å². The number of aromatic nitrogens is 4. The Labute approximate surface area is 196 Å². The normalized spacial score (nSPS) is 10.8. The highest BCUT2D eigenvalue weighted by molar-refractivity contribution is 7.98. The quantitative estimate of drug-likeness (QED) is 0.277. The van der Waals surface area contributed by atoms with Gasteiger partial charge in [0, 0.05) is 22.5 Å². The molecule has 0 unspecified atom stereocenters. The highest BCUT2D eigenvalue weighted by Crippen LogP contribution is 2.28. The SMILES string of the molecule is CCCCOc1ccc(C(=O)NNC(=O)Cc2c(C)nc3nc(SC)nn3c2C)cc1OC. The molecule has 3 rings (SSSR count). The van der Waals surface area contributed by atoms with Crippen molar-refractivity contribution in [3.63, 3.8) is 0 Å². The molecule has 2 heterocycles. The number of ether oxygens (including phenoxy) is 2. The van der Waals surface area contributed by atoms with E-state index in [-0.39, 0.29) is 12.3 Å². The maximum atomic E-state index is 12.5. The second-order valence-electron chi connectivity index (χ2n) is 7.32. The predicted octanol–water partition coefficient (Wildman–Crippen LogP) is 2.65. The fraction of sp³-hybridized carbons (Fsp3) is 0.409. The molecule has 0 radical (unpaired) electrons. The van der Waals surface area contributed by atoms with Crippen molar-refractivity contribution in [3.8, 4) is 11.5 Å². The number of nitrogens with zero attached hydrogens (tertiary/aromatic N) is 4. The van der Waals surface area contributed by atoms with Crippen LogP contribution in [0.5, 0.6) is 11.5 Å². The third-order valence-corrected chi connectivity index (χ3v) is 5.58.